The second-order valence-corrected chi connectivity index (χ2v) is 24.9. The molecule has 0 fully saturated rings. The summed E-state index contributed by atoms with van der Waals surface area (Å²) in [5, 5.41) is 0. The Kier molecular flexibility index (Phi) is 59.7. The fraction of sp³-hybridized carbons (Fsp3) is 0.722. The van der Waals surface area contributed by atoms with Crippen molar-refractivity contribution in [1.29, 1.82) is 0 Å². The van der Waals surface area contributed by atoms with Crippen LogP contribution >= 0.6 is 7.82 Å². The zero-order valence-electron chi connectivity index (χ0n) is 53.7. The van der Waals surface area contributed by atoms with Gasteiger partial charge in [-0.25, -0.2) is 0 Å². The fourth-order valence-electron chi connectivity index (χ4n) is 9.14. The summed E-state index contributed by atoms with van der Waals surface area (Å²) in [7, 11) is 1.15. The number of allylic oxidation sites excluding steroid dienone is 18. The molecule has 0 aliphatic heterocycles. The summed E-state index contributed by atoms with van der Waals surface area (Å²) in [6.45, 7) is 4.12. The molecule has 9 nitrogen and oxygen atoms in total. The number of ether oxygens (including phenoxy) is 2. The van der Waals surface area contributed by atoms with Gasteiger partial charge in [-0.2, -0.15) is 0 Å². The van der Waals surface area contributed by atoms with Crippen LogP contribution in [0.15, 0.2) is 109 Å². The molecule has 0 bridgehead atoms. The minimum Gasteiger partial charge on any atom is -0.756 e. The Morgan fingerprint density at radius 3 is 1.04 bits per heavy atom. The number of hydrogen-bond donors (Lipinski definition) is 0. The van der Waals surface area contributed by atoms with Crippen LogP contribution in [0.25, 0.3) is 0 Å². The molecule has 0 amide bonds. The molecular formula is C72H126NO8P. The average molecular weight is 1160 g/mol. The highest BCUT2D eigenvalue weighted by atomic mass is 31.2. The topological polar surface area (TPSA) is 111 Å². The van der Waals surface area contributed by atoms with Gasteiger partial charge in [0.2, 0.25) is 0 Å². The molecule has 0 rings (SSSR count). The van der Waals surface area contributed by atoms with Crippen LogP contribution < -0.4 is 4.89 Å². The van der Waals surface area contributed by atoms with E-state index < -0.39 is 26.5 Å². The number of rotatable bonds is 61. The van der Waals surface area contributed by atoms with E-state index in [1.54, 1.807) is 0 Å². The SMILES string of the molecule is CC/C=C\C/C=C\C/C=C\C/C=C\C/C=C\C/C=C\C/C=C\CCCCCCCCCC(=O)OC(COC(=O)CCCCCCCCCCCCCCCCCCC/C=C\C/C=C\CCCCCCC)COP(=O)([O-])OCC[N+](C)(C)C. The molecule has 0 radical (unpaired) electrons. The van der Waals surface area contributed by atoms with Gasteiger partial charge in [-0.05, 0) is 103 Å². The lowest BCUT2D eigenvalue weighted by atomic mass is 10.0. The van der Waals surface area contributed by atoms with Crippen LogP contribution in [0.2, 0.25) is 0 Å². The van der Waals surface area contributed by atoms with Crippen molar-refractivity contribution in [1.82, 2.24) is 0 Å². The molecule has 0 saturated carbocycles. The maximum atomic E-state index is 12.8. The lowest BCUT2D eigenvalue weighted by Crippen LogP contribution is -2.37. The average Bonchev–Trinajstić information content (AvgIpc) is 3.45. The molecule has 0 heterocycles. The van der Waals surface area contributed by atoms with Crippen LogP contribution in [-0.2, 0) is 32.7 Å². The Morgan fingerprint density at radius 1 is 0.390 bits per heavy atom. The minimum atomic E-state index is -4.65. The number of carbonyl (C=O) groups excluding carboxylic acids is 2. The second kappa shape index (κ2) is 62.2. The zero-order chi connectivity index (χ0) is 59.8. The molecule has 0 aliphatic carbocycles. The maximum absolute atomic E-state index is 12.8. The number of unbranched alkanes of at least 4 members (excludes halogenated alkanes) is 29. The Labute approximate surface area is 506 Å². The van der Waals surface area contributed by atoms with E-state index in [2.05, 4.69) is 123 Å². The molecule has 0 saturated heterocycles. The van der Waals surface area contributed by atoms with Crippen molar-refractivity contribution in [3.8, 4) is 0 Å². The van der Waals surface area contributed by atoms with Gasteiger partial charge in [0.1, 0.15) is 19.8 Å². The lowest BCUT2D eigenvalue weighted by Gasteiger charge is -2.28. The van der Waals surface area contributed by atoms with Crippen LogP contribution in [0, 0.1) is 0 Å². The minimum absolute atomic E-state index is 0.0376. The first-order chi connectivity index (χ1) is 40.0. The van der Waals surface area contributed by atoms with Gasteiger partial charge in [0.25, 0.3) is 7.82 Å². The van der Waals surface area contributed by atoms with Crippen LogP contribution in [0.3, 0.4) is 0 Å². The number of nitrogens with zero attached hydrogens (tertiary/aromatic N) is 1. The van der Waals surface area contributed by atoms with Gasteiger partial charge in [0.05, 0.1) is 27.7 Å². The summed E-state index contributed by atoms with van der Waals surface area (Å²) in [4.78, 5) is 38.0. The summed E-state index contributed by atoms with van der Waals surface area (Å²) in [6, 6.07) is 0. The smallest absolute Gasteiger partial charge is 0.306 e. The summed E-state index contributed by atoms with van der Waals surface area (Å²) in [6.07, 6.45) is 87.2. The van der Waals surface area contributed by atoms with Gasteiger partial charge in [-0.3, -0.25) is 14.2 Å². The molecule has 0 N–H and O–H groups in total. The van der Waals surface area contributed by atoms with Gasteiger partial charge < -0.3 is 27.9 Å². The summed E-state index contributed by atoms with van der Waals surface area (Å²) >= 11 is 0. The molecule has 0 spiro atoms. The number of quaternary nitrogens is 1. The predicted molar refractivity (Wildman–Crippen MR) is 351 cm³/mol. The van der Waals surface area contributed by atoms with Crippen molar-refractivity contribution < 1.29 is 42.1 Å². The first kappa shape index (κ1) is 78.7. The second-order valence-electron chi connectivity index (χ2n) is 23.5. The van der Waals surface area contributed by atoms with Crippen LogP contribution in [0.1, 0.15) is 284 Å². The van der Waals surface area contributed by atoms with Crippen molar-refractivity contribution >= 4 is 19.8 Å². The Hall–Kier alpha value is -3.33. The zero-order valence-corrected chi connectivity index (χ0v) is 54.6. The maximum Gasteiger partial charge on any atom is 0.306 e. The molecule has 0 aromatic carbocycles. The number of esters is 2. The van der Waals surface area contributed by atoms with Crippen molar-refractivity contribution in [2.24, 2.45) is 0 Å². The number of phosphoric acid groups is 1. The molecule has 2 atom stereocenters. The first-order valence-electron chi connectivity index (χ1n) is 33.6. The van der Waals surface area contributed by atoms with Crippen molar-refractivity contribution in [2.75, 3.05) is 47.5 Å². The van der Waals surface area contributed by atoms with Crippen LogP contribution in [0.4, 0.5) is 0 Å². The number of carbonyl (C=O) groups is 2. The third kappa shape index (κ3) is 65.8. The van der Waals surface area contributed by atoms with Gasteiger partial charge in [0, 0.05) is 12.8 Å². The number of likely N-dealkylation sites (N-methyl/N-ethyl adjacent to an activating group) is 1. The highest BCUT2D eigenvalue weighted by Gasteiger charge is 2.22. The molecule has 0 aromatic heterocycles. The van der Waals surface area contributed by atoms with Crippen LogP contribution in [0.5, 0.6) is 0 Å². The van der Waals surface area contributed by atoms with E-state index in [0.717, 1.165) is 96.3 Å². The van der Waals surface area contributed by atoms with Crippen LogP contribution in [-0.4, -0.2) is 70.0 Å². The van der Waals surface area contributed by atoms with E-state index in [1.807, 2.05) is 21.1 Å². The highest BCUT2D eigenvalue weighted by Crippen LogP contribution is 2.38. The molecule has 472 valence electrons. The number of phosphoric ester groups is 1. The summed E-state index contributed by atoms with van der Waals surface area (Å²) in [5.74, 6) is -0.844. The van der Waals surface area contributed by atoms with Crippen molar-refractivity contribution in [3.05, 3.63) is 109 Å². The third-order valence-electron chi connectivity index (χ3n) is 14.3. The van der Waals surface area contributed by atoms with E-state index in [9.17, 15) is 19.0 Å². The Morgan fingerprint density at radius 2 is 0.695 bits per heavy atom. The van der Waals surface area contributed by atoms with Crippen molar-refractivity contribution in [2.45, 2.75) is 290 Å². The lowest BCUT2D eigenvalue weighted by molar-refractivity contribution is -0.870. The van der Waals surface area contributed by atoms with Crippen molar-refractivity contribution in [3.63, 3.8) is 0 Å². The predicted octanol–water partition coefficient (Wildman–Crippen LogP) is 21.1. The first-order valence-corrected chi connectivity index (χ1v) is 35.1. The fourth-order valence-corrected chi connectivity index (χ4v) is 9.87. The molecule has 10 heteroatoms. The number of hydrogen-bond acceptors (Lipinski definition) is 8. The molecule has 82 heavy (non-hydrogen) atoms. The van der Waals surface area contributed by atoms with Gasteiger partial charge in [-0.1, -0.05) is 277 Å². The van der Waals surface area contributed by atoms with Gasteiger partial charge in [0.15, 0.2) is 6.10 Å². The molecule has 0 aromatic rings. The molecule has 2 unspecified atom stereocenters. The monoisotopic (exact) mass is 1160 g/mol. The third-order valence-corrected chi connectivity index (χ3v) is 15.2. The van der Waals surface area contributed by atoms with E-state index in [4.69, 9.17) is 18.5 Å². The summed E-state index contributed by atoms with van der Waals surface area (Å²) < 4.78 is 34.3. The largest absolute Gasteiger partial charge is 0.756 e. The molecular weight excluding hydrogens is 1040 g/mol. The summed E-state index contributed by atoms with van der Waals surface area (Å²) in [5.41, 5.74) is 0. The standard InChI is InChI=1S/C72H126NO8P/c1-6-8-10-12-14-16-18-20-22-24-26-28-30-32-34-36-38-40-42-44-46-48-50-52-54-56-58-60-62-64-71(74)78-68-70(69-80-82(76,77)79-67-66-73(3,4)5)81-72(75)65-63-61-59-57-55-53-51-49-47-45-43-41-39-37-35-33-31-29-27-25-23-21-19-17-15-13-11-9-7-2/h9,11,15,17-18,20-21,23-24,26-27,29,33,35,39,41,45,47,70H,6-8,10,12-14,16,19,22,25,28,30-32,34,36-38,40,42-44,46,48-69H2,1-5H3/b11-9-,17-15-,20-18-,23-21-,26-24-,29-27-,35-33-,41-39-,47-45-. The quantitative estimate of drug-likeness (QED) is 0.0195. The van der Waals surface area contributed by atoms with E-state index in [1.165, 1.54) is 154 Å². The highest BCUT2D eigenvalue weighted by molar-refractivity contribution is 7.45. The Balaban J connectivity index is 4.12. The van der Waals surface area contributed by atoms with E-state index in [-0.39, 0.29) is 32.0 Å². The normalized spacial score (nSPS) is 13.9. The van der Waals surface area contributed by atoms with E-state index in [0.29, 0.717) is 17.4 Å². The molecule has 0 aliphatic rings. The van der Waals surface area contributed by atoms with Gasteiger partial charge in [-0.15, -0.1) is 0 Å². The van der Waals surface area contributed by atoms with E-state index >= 15 is 0 Å². The van der Waals surface area contributed by atoms with Gasteiger partial charge >= 0.3 is 11.9 Å². The Bertz CT molecular complexity index is 1750.